The van der Waals surface area contributed by atoms with Crippen molar-refractivity contribution in [3.8, 4) is 0 Å². The Morgan fingerprint density at radius 3 is 2.14 bits per heavy atom. The molecular formula is C27H34B2F3N3O8. The van der Waals surface area contributed by atoms with Crippen molar-refractivity contribution >= 4 is 48.1 Å². The zero-order chi connectivity index (χ0) is 32.0. The highest BCUT2D eigenvalue weighted by atomic mass is 19.4. The molecule has 3 aromatic rings. The number of halogens is 3. The summed E-state index contributed by atoms with van der Waals surface area (Å²) in [6, 6.07) is 14.7. The first-order chi connectivity index (χ1) is 20.0. The van der Waals surface area contributed by atoms with Crippen LogP contribution in [0.5, 0.6) is 0 Å². The Morgan fingerprint density at radius 2 is 1.67 bits per heavy atom. The average molecular weight is 607 g/mol. The molecule has 2 fully saturated rings. The molecule has 16 heteroatoms. The van der Waals surface area contributed by atoms with Gasteiger partial charge in [-0.3, -0.25) is 4.79 Å². The molecule has 2 aliphatic rings. The highest BCUT2D eigenvalue weighted by Gasteiger charge is 2.51. The maximum Gasteiger partial charge on any atom is 0.494 e. The molecule has 0 radical (unpaired) electrons. The molecule has 2 aliphatic heterocycles. The summed E-state index contributed by atoms with van der Waals surface area (Å²) in [6.07, 6.45) is -1.83. The quantitative estimate of drug-likeness (QED) is 0.259. The van der Waals surface area contributed by atoms with Crippen molar-refractivity contribution in [1.82, 2.24) is 15.0 Å². The molecule has 232 valence electrons. The smallest absolute Gasteiger partial charge is 0.423 e. The minimum Gasteiger partial charge on any atom is -0.423 e. The van der Waals surface area contributed by atoms with Crippen molar-refractivity contribution in [2.24, 2.45) is 0 Å². The molecule has 1 atom stereocenters. The van der Waals surface area contributed by atoms with E-state index >= 15 is 0 Å². The van der Waals surface area contributed by atoms with Gasteiger partial charge >= 0.3 is 32.4 Å². The van der Waals surface area contributed by atoms with Crippen LogP contribution in [0, 0.1) is 0 Å². The summed E-state index contributed by atoms with van der Waals surface area (Å²) in [6.45, 7) is 9.73. The second-order valence-corrected chi connectivity index (χ2v) is 10.9. The lowest BCUT2D eigenvalue weighted by atomic mass is 9.79. The van der Waals surface area contributed by atoms with Crippen LogP contribution in [0.4, 0.5) is 13.2 Å². The predicted molar refractivity (Wildman–Crippen MR) is 151 cm³/mol. The van der Waals surface area contributed by atoms with E-state index in [2.05, 4.69) is 42.7 Å². The van der Waals surface area contributed by atoms with Gasteiger partial charge in [0.2, 0.25) is 0 Å². The van der Waals surface area contributed by atoms with E-state index in [-0.39, 0.29) is 24.5 Å². The average Bonchev–Trinajstić information content (AvgIpc) is 3.46. The number of rotatable bonds is 3. The minimum absolute atomic E-state index is 0.00792. The topological polar surface area (TPSA) is 142 Å². The number of hydrogen-bond acceptors (Lipinski definition) is 10. The molecule has 1 unspecified atom stereocenters. The molecule has 0 amide bonds. The number of fused-ring (bicyclic) bond motifs is 1. The zero-order valence-electron chi connectivity index (χ0n) is 24.5. The molecule has 0 saturated carbocycles. The van der Waals surface area contributed by atoms with Crippen molar-refractivity contribution in [2.45, 2.75) is 77.5 Å². The van der Waals surface area contributed by atoms with E-state index < -0.39 is 25.2 Å². The van der Waals surface area contributed by atoms with Crippen LogP contribution in [0.25, 0.3) is 11.0 Å². The number of carbonyl (C=O) groups excluding carboxylic acids is 2. The van der Waals surface area contributed by atoms with Crippen molar-refractivity contribution in [3.05, 3.63) is 48.5 Å². The largest absolute Gasteiger partial charge is 0.494 e. The number of esters is 2. The van der Waals surface area contributed by atoms with Gasteiger partial charge in [0.15, 0.2) is 6.23 Å². The molecule has 5 rings (SSSR count). The second kappa shape index (κ2) is 14.0. The van der Waals surface area contributed by atoms with Gasteiger partial charge < -0.3 is 28.8 Å². The SMILES string of the molecule is CC(=O)OC(=O)C(F)(F)F.CC1(C)OB(c2ccc3c(c2)nnn3C2CCCCO2)OC1(C)C.OB(O)c1ccccc1. The monoisotopic (exact) mass is 607 g/mol. The molecule has 2 N–H and O–H groups in total. The number of nitrogens with zero attached hydrogens (tertiary/aromatic N) is 3. The van der Waals surface area contributed by atoms with Crippen LogP contribution in [0.15, 0.2) is 48.5 Å². The first-order valence-electron chi connectivity index (χ1n) is 13.5. The third-order valence-corrected chi connectivity index (χ3v) is 7.01. The molecule has 1 aromatic heterocycles. The Hall–Kier alpha value is -3.30. The standard InChI is InChI=1S/C17H24BN3O3.C6H7BO2.C4H3F3O3/c1-16(2)17(3,4)24-18(23-16)12-8-9-14-13(11-12)19-20-21(14)15-7-5-6-10-22-15;8-7(9)6-4-2-1-3-5-6;1-2(8)10-3(9)4(5,6)7/h8-9,11,15H,5-7,10H2,1-4H3;1-5,8-9H;1H3. The maximum absolute atomic E-state index is 11.2. The number of alkyl halides is 3. The normalized spacial score (nSPS) is 19.0. The summed E-state index contributed by atoms with van der Waals surface area (Å²) in [5, 5.41) is 25.8. The Bertz CT molecular complexity index is 1360. The lowest BCUT2D eigenvalue weighted by Gasteiger charge is -2.32. The van der Waals surface area contributed by atoms with Crippen molar-refractivity contribution in [2.75, 3.05) is 6.61 Å². The van der Waals surface area contributed by atoms with Crippen molar-refractivity contribution < 1.29 is 51.6 Å². The first kappa shape index (κ1) is 34.2. The molecule has 2 aromatic carbocycles. The molecule has 2 saturated heterocycles. The van der Waals surface area contributed by atoms with Gasteiger partial charge in [0.25, 0.3) is 0 Å². The Morgan fingerprint density at radius 1 is 1.05 bits per heavy atom. The molecule has 0 bridgehead atoms. The predicted octanol–water partition coefficient (Wildman–Crippen LogP) is 2.43. The van der Waals surface area contributed by atoms with Gasteiger partial charge in [-0.1, -0.05) is 41.6 Å². The minimum atomic E-state index is -5.09. The lowest BCUT2D eigenvalue weighted by molar-refractivity contribution is -0.201. The van der Waals surface area contributed by atoms with Gasteiger partial charge in [0, 0.05) is 13.5 Å². The number of benzene rings is 2. The number of hydrogen-bond donors (Lipinski definition) is 2. The molecule has 0 aliphatic carbocycles. The van der Waals surface area contributed by atoms with Crippen LogP contribution in [0.1, 0.15) is 60.1 Å². The lowest BCUT2D eigenvalue weighted by Crippen LogP contribution is -2.41. The van der Waals surface area contributed by atoms with Crippen LogP contribution >= 0.6 is 0 Å². The van der Waals surface area contributed by atoms with Crippen LogP contribution in [0.2, 0.25) is 0 Å². The van der Waals surface area contributed by atoms with E-state index in [1.807, 2.05) is 28.9 Å². The van der Waals surface area contributed by atoms with Crippen LogP contribution in [-0.2, 0) is 28.4 Å². The Kier molecular flexibility index (Phi) is 11.1. The molecular weight excluding hydrogens is 573 g/mol. The van der Waals surface area contributed by atoms with Crippen molar-refractivity contribution in [3.63, 3.8) is 0 Å². The fourth-order valence-electron chi connectivity index (χ4n) is 4.03. The van der Waals surface area contributed by atoms with Crippen LogP contribution in [0.3, 0.4) is 0 Å². The first-order valence-corrected chi connectivity index (χ1v) is 13.5. The van der Waals surface area contributed by atoms with Gasteiger partial charge in [0.05, 0.1) is 16.7 Å². The van der Waals surface area contributed by atoms with Gasteiger partial charge in [-0.05, 0) is 70.0 Å². The van der Waals surface area contributed by atoms with E-state index in [4.69, 9.17) is 24.1 Å². The highest BCUT2D eigenvalue weighted by molar-refractivity contribution is 6.62. The van der Waals surface area contributed by atoms with Gasteiger partial charge in [0.1, 0.15) is 5.52 Å². The third-order valence-electron chi connectivity index (χ3n) is 7.01. The Labute approximate surface area is 247 Å². The van der Waals surface area contributed by atoms with Gasteiger partial charge in [-0.15, -0.1) is 5.10 Å². The van der Waals surface area contributed by atoms with E-state index in [9.17, 15) is 22.8 Å². The van der Waals surface area contributed by atoms with Gasteiger partial charge in [-0.25, -0.2) is 9.48 Å². The third kappa shape index (κ3) is 9.10. The number of ether oxygens (including phenoxy) is 2. The number of aromatic nitrogens is 3. The summed E-state index contributed by atoms with van der Waals surface area (Å²) in [7, 11) is -1.72. The number of carbonyl (C=O) groups is 2. The van der Waals surface area contributed by atoms with Crippen LogP contribution in [-0.4, -0.2) is 75.2 Å². The van der Waals surface area contributed by atoms with E-state index in [0.29, 0.717) is 12.4 Å². The zero-order valence-corrected chi connectivity index (χ0v) is 24.5. The summed E-state index contributed by atoms with van der Waals surface area (Å²) in [5.74, 6) is -3.76. The Balaban J connectivity index is 0.000000220. The van der Waals surface area contributed by atoms with E-state index in [1.165, 1.54) is 0 Å². The summed E-state index contributed by atoms with van der Waals surface area (Å²) in [5.41, 5.74) is 2.63. The van der Waals surface area contributed by atoms with E-state index in [0.717, 1.165) is 42.4 Å². The molecule has 0 spiro atoms. The molecule has 43 heavy (non-hydrogen) atoms. The molecule has 3 heterocycles. The molecule has 11 nitrogen and oxygen atoms in total. The summed E-state index contributed by atoms with van der Waals surface area (Å²) < 4.78 is 56.7. The summed E-state index contributed by atoms with van der Waals surface area (Å²) >= 11 is 0. The van der Waals surface area contributed by atoms with Crippen molar-refractivity contribution in [1.29, 1.82) is 0 Å². The van der Waals surface area contributed by atoms with E-state index in [1.54, 1.807) is 24.3 Å². The van der Waals surface area contributed by atoms with Gasteiger partial charge in [-0.2, -0.15) is 13.2 Å². The summed E-state index contributed by atoms with van der Waals surface area (Å²) in [4.78, 5) is 19.5. The highest BCUT2D eigenvalue weighted by Crippen LogP contribution is 2.36. The fourth-order valence-corrected chi connectivity index (χ4v) is 4.03. The second-order valence-electron chi connectivity index (χ2n) is 10.9. The van der Waals surface area contributed by atoms with Crippen LogP contribution < -0.4 is 10.9 Å². The fraction of sp³-hybridized carbons (Fsp3) is 0.481. The maximum atomic E-state index is 11.2.